The predicted molar refractivity (Wildman–Crippen MR) is 141 cm³/mol. The van der Waals surface area contributed by atoms with E-state index in [1.807, 2.05) is 6.07 Å². The number of allylic oxidation sites excluding steroid dienone is 4. The monoisotopic (exact) mass is 861 g/mol. The van der Waals surface area contributed by atoms with E-state index in [0.29, 0.717) is 0 Å². The molecule has 1 aromatic rings. The van der Waals surface area contributed by atoms with Crippen molar-refractivity contribution in [1.82, 2.24) is 0 Å². The molecule has 142 valence electrons. The molecule has 0 N–H and O–H groups in total. The summed E-state index contributed by atoms with van der Waals surface area (Å²) in [6.07, 6.45) is 0. The van der Waals surface area contributed by atoms with Crippen LogP contribution in [0.3, 0.4) is 0 Å². The van der Waals surface area contributed by atoms with Crippen LogP contribution in [0.4, 0.5) is 0 Å². The maximum absolute atomic E-state index is 4.24. The molecule has 2 atom stereocenters. The van der Waals surface area contributed by atoms with E-state index in [1.165, 1.54) is 11.1 Å². The minimum atomic E-state index is -0.580. The zero-order chi connectivity index (χ0) is 19.9. The molecule has 0 radical (unpaired) electrons. The van der Waals surface area contributed by atoms with E-state index in [-0.39, 0.29) is 5.41 Å². The number of hydrogen-bond donors (Lipinski definition) is 0. The molecule has 26 heavy (non-hydrogen) atoms. The number of benzene rings is 1. The van der Waals surface area contributed by atoms with Gasteiger partial charge in [-0.25, -0.2) is 0 Å². The second-order valence-electron chi connectivity index (χ2n) is 7.24. The number of fused-ring (bicyclic) bond motifs is 1. The smallest absolute Gasteiger partial charge is 0.0764 e. The van der Waals surface area contributed by atoms with Crippen LogP contribution in [0, 0.1) is 5.41 Å². The summed E-state index contributed by atoms with van der Waals surface area (Å²) in [5.74, 6) is 0. The summed E-state index contributed by atoms with van der Waals surface area (Å²) in [7, 11) is 0. The van der Waals surface area contributed by atoms with Gasteiger partial charge in [-0.1, -0.05) is 147 Å². The fourth-order valence-corrected chi connectivity index (χ4v) is 12.5. The second kappa shape index (κ2) is 7.03. The van der Waals surface area contributed by atoms with Crippen LogP contribution in [0.15, 0.2) is 49.4 Å². The molecular formula is C18H14Br8. The van der Waals surface area contributed by atoms with E-state index in [4.69, 9.17) is 0 Å². The highest BCUT2D eigenvalue weighted by atomic mass is 79.9. The van der Waals surface area contributed by atoms with Crippen LogP contribution in [0.1, 0.15) is 26.3 Å². The molecule has 3 rings (SSSR count). The zero-order valence-electron chi connectivity index (χ0n) is 13.9. The van der Waals surface area contributed by atoms with Gasteiger partial charge in [0.1, 0.15) is 6.47 Å². The number of hydrogen-bond acceptors (Lipinski definition) is 0. The molecule has 8 heteroatoms. The summed E-state index contributed by atoms with van der Waals surface area (Å²) >= 11 is 31.9. The van der Waals surface area contributed by atoms with Crippen molar-refractivity contribution in [3.8, 4) is 0 Å². The van der Waals surface area contributed by atoms with Crippen molar-refractivity contribution in [2.24, 2.45) is 5.41 Å². The van der Waals surface area contributed by atoms with Gasteiger partial charge in [-0.3, -0.25) is 0 Å². The Hall–Kier alpha value is 2.54. The highest BCUT2D eigenvalue weighted by Gasteiger charge is 2.80. The maximum Gasteiger partial charge on any atom is 0.133 e. The lowest BCUT2D eigenvalue weighted by molar-refractivity contribution is 0.355. The minimum absolute atomic E-state index is 0.251. The lowest BCUT2D eigenvalue weighted by atomic mass is 9.70. The van der Waals surface area contributed by atoms with Crippen molar-refractivity contribution in [2.45, 2.75) is 37.0 Å². The number of halogens is 8. The molecule has 0 bridgehead atoms. The van der Waals surface area contributed by atoms with Crippen LogP contribution >= 0.6 is 127 Å². The van der Waals surface area contributed by atoms with Crippen molar-refractivity contribution in [1.29, 1.82) is 0 Å². The third-order valence-corrected chi connectivity index (χ3v) is 18.8. The van der Waals surface area contributed by atoms with Crippen LogP contribution in [0.25, 0.3) is 0 Å². The molecule has 0 nitrogen and oxygen atoms in total. The second-order valence-corrected chi connectivity index (χ2v) is 17.7. The summed E-state index contributed by atoms with van der Waals surface area (Å²) in [6, 6.07) is 10.6. The Morgan fingerprint density at radius 3 is 1.73 bits per heavy atom. The van der Waals surface area contributed by atoms with Crippen LogP contribution in [-0.4, -0.2) is 10.8 Å². The van der Waals surface area contributed by atoms with Crippen molar-refractivity contribution in [3.05, 3.63) is 54.9 Å². The lowest BCUT2D eigenvalue weighted by Gasteiger charge is -2.52. The van der Waals surface area contributed by atoms with Gasteiger partial charge >= 0.3 is 0 Å². The molecule has 2 aliphatic rings. The third-order valence-electron chi connectivity index (χ3n) is 5.74. The molecule has 0 unspecified atom stereocenters. The fourth-order valence-electron chi connectivity index (χ4n) is 4.22. The lowest BCUT2D eigenvalue weighted by Crippen LogP contribution is -2.58. The average Bonchev–Trinajstić information content (AvgIpc) is 2.67. The van der Waals surface area contributed by atoms with Gasteiger partial charge in [0.05, 0.1) is 4.32 Å². The van der Waals surface area contributed by atoms with Crippen LogP contribution in [-0.2, 0) is 5.41 Å². The first-order valence-corrected chi connectivity index (χ1v) is 14.0. The van der Waals surface area contributed by atoms with Crippen LogP contribution in [0.5, 0.6) is 0 Å². The molecule has 0 heterocycles. The molecule has 0 amide bonds. The minimum Gasteiger partial charge on any atom is -0.0764 e. The van der Waals surface area contributed by atoms with E-state index in [9.17, 15) is 0 Å². The summed E-state index contributed by atoms with van der Waals surface area (Å²) in [5, 5.41) is 0. The Bertz CT molecular complexity index is 836. The van der Waals surface area contributed by atoms with E-state index in [2.05, 4.69) is 172 Å². The Kier molecular flexibility index (Phi) is 6.27. The van der Waals surface area contributed by atoms with Gasteiger partial charge in [-0.05, 0) is 43.0 Å². The molecule has 1 saturated carbocycles. The molecule has 2 aliphatic carbocycles. The van der Waals surface area contributed by atoms with E-state index < -0.39 is 16.2 Å². The van der Waals surface area contributed by atoms with Gasteiger partial charge in [0.25, 0.3) is 0 Å². The zero-order valence-corrected chi connectivity index (χ0v) is 26.6. The molecule has 0 spiro atoms. The molecule has 0 saturated heterocycles. The van der Waals surface area contributed by atoms with Gasteiger partial charge in [0, 0.05) is 24.3 Å². The van der Waals surface area contributed by atoms with Gasteiger partial charge < -0.3 is 0 Å². The van der Waals surface area contributed by atoms with Crippen LogP contribution in [0.2, 0.25) is 0 Å². The summed E-state index contributed by atoms with van der Waals surface area (Å²) in [5.41, 5.74) is 1.82. The number of rotatable bonds is 1. The van der Waals surface area contributed by atoms with Crippen molar-refractivity contribution in [3.63, 3.8) is 0 Å². The van der Waals surface area contributed by atoms with Gasteiger partial charge in [-0.15, -0.1) is 0 Å². The number of alkyl halides is 5. The van der Waals surface area contributed by atoms with E-state index >= 15 is 0 Å². The first-order chi connectivity index (χ1) is 11.7. The Labute approximate surface area is 221 Å². The van der Waals surface area contributed by atoms with Gasteiger partial charge in [0.15, 0.2) is 0 Å². The van der Waals surface area contributed by atoms with Gasteiger partial charge in [-0.2, -0.15) is 0 Å². The predicted octanol–water partition coefficient (Wildman–Crippen LogP) is 9.75. The highest BCUT2D eigenvalue weighted by molar-refractivity contribution is 9.27. The van der Waals surface area contributed by atoms with Crippen LogP contribution < -0.4 is 0 Å². The van der Waals surface area contributed by atoms with E-state index in [1.54, 1.807) is 0 Å². The normalized spacial score (nSPS) is 34.9. The molecule has 0 aromatic heterocycles. The Morgan fingerprint density at radius 2 is 1.23 bits per heavy atom. The standard InChI is InChI=1S/C18H14Br8/c1-14(2)12-10(19)11(20)13(21)17(23,24)16(12,22)15(3,18(14,25)26)9-7-5-4-6-8-9/h4-8H,1-3H3/t15-,16-/m0/s1. The first-order valence-electron chi connectivity index (χ1n) is 7.67. The third kappa shape index (κ3) is 2.54. The van der Waals surface area contributed by atoms with E-state index in [0.717, 1.165) is 13.4 Å². The largest absolute Gasteiger partial charge is 0.133 e. The quantitative estimate of drug-likeness (QED) is 0.247. The Morgan fingerprint density at radius 1 is 0.731 bits per heavy atom. The van der Waals surface area contributed by atoms with Gasteiger partial charge in [0.2, 0.25) is 0 Å². The Balaban J connectivity index is 2.54. The average molecular weight is 870 g/mol. The molecular weight excluding hydrogens is 855 g/mol. The summed E-state index contributed by atoms with van der Waals surface area (Å²) in [6.45, 7) is 6.80. The highest BCUT2D eigenvalue weighted by Crippen LogP contribution is 2.81. The van der Waals surface area contributed by atoms with Crippen molar-refractivity contribution >= 4 is 127 Å². The topological polar surface area (TPSA) is 0 Å². The molecule has 0 aliphatic heterocycles. The van der Waals surface area contributed by atoms with Crippen molar-refractivity contribution in [2.75, 3.05) is 0 Å². The molecule has 1 aromatic carbocycles. The summed E-state index contributed by atoms with van der Waals surface area (Å²) < 4.78 is 1.48. The maximum atomic E-state index is 4.24. The first kappa shape index (κ1) is 23.2. The molecule has 1 fully saturated rings. The summed E-state index contributed by atoms with van der Waals surface area (Å²) in [4.78, 5) is 0. The SMILES string of the molecule is CC1(C)C2=C(Br)C(Br)=C(Br)C(Br)(Br)[C@@]2(Br)[C@](C)(c2ccccc2)C1(Br)Br. The van der Waals surface area contributed by atoms with Crippen molar-refractivity contribution < 1.29 is 0 Å². The fraction of sp³-hybridized carbons (Fsp3) is 0.444.